The average molecular weight is 326 g/mol. The molecular weight excluding hydrogens is 304 g/mol. The molecule has 1 aliphatic heterocycles. The van der Waals surface area contributed by atoms with E-state index in [-0.39, 0.29) is 17.9 Å². The summed E-state index contributed by atoms with van der Waals surface area (Å²) in [5, 5.41) is 8.51. The molecule has 23 heavy (non-hydrogen) atoms. The molecule has 0 radical (unpaired) electrons. The van der Waals surface area contributed by atoms with Crippen molar-refractivity contribution in [2.45, 2.75) is 39.2 Å². The van der Waals surface area contributed by atoms with Gasteiger partial charge in [0.15, 0.2) is 0 Å². The van der Waals surface area contributed by atoms with Gasteiger partial charge in [-0.3, -0.25) is 4.79 Å². The molecule has 0 fully saturated rings. The van der Waals surface area contributed by atoms with Crippen LogP contribution in [0.4, 0.5) is 0 Å². The Labute approximate surface area is 141 Å². The first-order valence-corrected chi connectivity index (χ1v) is 9.11. The molecule has 3 nitrogen and oxygen atoms in total. The maximum Gasteiger partial charge on any atom is 0.246 e. The fourth-order valence-corrected chi connectivity index (χ4v) is 3.79. The Kier molecular flexibility index (Phi) is 4.91. The SMILES string of the molecule is CCC(CC)C(=O)N1N=C(c2cccs2)CC1c1ccccc1. The van der Waals surface area contributed by atoms with Crippen LogP contribution in [0.5, 0.6) is 0 Å². The van der Waals surface area contributed by atoms with Crippen molar-refractivity contribution in [3.05, 3.63) is 58.3 Å². The number of rotatable bonds is 5. The second-order valence-corrected chi connectivity index (χ2v) is 6.80. The lowest BCUT2D eigenvalue weighted by molar-refractivity contribution is -0.137. The minimum absolute atomic E-state index is 0.0152. The maximum absolute atomic E-state index is 12.9. The molecule has 0 spiro atoms. The summed E-state index contributed by atoms with van der Waals surface area (Å²) in [4.78, 5) is 14.1. The Morgan fingerprint density at radius 3 is 2.57 bits per heavy atom. The van der Waals surface area contributed by atoms with E-state index in [0.717, 1.165) is 35.4 Å². The fraction of sp³-hybridized carbons (Fsp3) is 0.368. The lowest BCUT2D eigenvalue weighted by atomic mass is 9.98. The Hall–Kier alpha value is -1.94. The summed E-state index contributed by atoms with van der Waals surface area (Å²) in [5.74, 6) is 0.197. The van der Waals surface area contributed by atoms with Crippen LogP contribution in [-0.2, 0) is 4.79 Å². The van der Waals surface area contributed by atoms with Crippen molar-refractivity contribution in [1.29, 1.82) is 0 Å². The number of benzene rings is 1. The summed E-state index contributed by atoms with van der Waals surface area (Å²) < 4.78 is 0. The molecule has 1 unspecified atom stereocenters. The molecule has 0 aliphatic carbocycles. The van der Waals surface area contributed by atoms with Crippen LogP contribution >= 0.6 is 11.3 Å². The van der Waals surface area contributed by atoms with Gasteiger partial charge >= 0.3 is 0 Å². The van der Waals surface area contributed by atoms with Crippen LogP contribution in [0.1, 0.15) is 49.6 Å². The summed E-state index contributed by atoms with van der Waals surface area (Å²) >= 11 is 1.68. The predicted octanol–water partition coefficient (Wildman–Crippen LogP) is 4.86. The fourth-order valence-electron chi connectivity index (χ4n) is 3.06. The van der Waals surface area contributed by atoms with Crippen molar-refractivity contribution in [3.63, 3.8) is 0 Å². The molecule has 3 rings (SSSR count). The third-order valence-electron chi connectivity index (χ3n) is 4.46. The van der Waals surface area contributed by atoms with Gasteiger partial charge in [0.1, 0.15) is 0 Å². The zero-order chi connectivity index (χ0) is 16.2. The molecule has 1 aliphatic rings. The van der Waals surface area contributed by atoms with Gasteiger partial charge < -0.3 is 0 Å². The highest BCUT2D eigenvalue weighted by Crippen LogP contribution is 2.35. The molecule has 0 bridgehead atoms. The lowest BCUT2D eigenvalue weighted by Gasteiger charge is -2.25. The van der Waals surface area contributed by atoms with Crippen LogP contribution < -0.4 is 0 Å². The van der Waals surface area contributed by atoms with E-state index < -0.39 is 0 Å². The Morgan fingerprint density at radius 1 is 1.22 bits per heavy atom. The van der Waals surface area contributed by atoms with E-state index in [0.29, 0.717) is 0 Å². The molecular formula is C19H22N2OS. The second kappa shape index (κ2) is 7.09. The first-order valence-electron chi connectivity index (χ1n) is 8.24. The highest BCUT2D eigenvalue weighted by molar-refractivity contribution is 7.12. The quantitative estimate of drug-likeness (QED) is 0.772. The van der Waals surface area contributed by atoms with E-state index in [1.54, 1.807) is 16.3 Å². The van der Waals surface area contributed by atoms with Gasteiger partial charge in [0, 0.05) is 12.3 Å². The maximum atomic E-state index is 12.9. The summed E-state index contributed by atoms with van der Waals surface area (Å²) in [6.07, 6.45) is 2.50. The molecule has 4 heteroatoms. The molecule has 1 aromatic heterocycles. The first-order chi connectivity index (χ1) is 11.2. The third kappa shape index (κ3) is 3.22. The first kappa shape index (κ1) is 15.9. The van der Waals surface area contributed by atoms with Gasteiger partial charge in [-0.05, 0) is 29.9 Å². The number of hydrogen-bond donors (Lipinski definition) is 0. The van der Waals surface area contributed by atoms with E-state index in [2.05, 4.69) is 37.4 Å². The van der Waals surface area contributed by atoms with Gasteiger partial charge in [-0.2, -0.15) is 5.10 Å². The number of hydrazone groups is 1. The van der Waals surface area contributed by atoms with Crippen molar-refractivity contribution in [2.24, 2.45) is 11.0 Å². The van der Waals surface area contributed by atoms with Crippen molar-refractivity contribution in [2.75, 3.05) is 0 Å². The number of amides is 1. The molecule has 2 aromatic rings. The molecule has 2 heterocycles. The lowest BCUT2D eigenvalue weighted by Crippen LogP contribution is -2.32. The Balaban J connectivity index is 1.94. The van der Waals surface area contributed by atoms with E-state index in [1.165, 1.54) is 0 Å². The van der Waals surface area contributed by atoms with Gasteiger partial charge in [0.25, 0.3) is 0 Å². The smallest absolute Gasteiger partial charge is 0.246 e. The highest BCUT2D eigenvalue weighted by atomic mass is 32.1. The van der Waals surface area contributed by atoms with Crippen molar-refractivity contribution < 1.29 is 4.79 Å². The number of hydrogen-bond acceptors (Lipinski definition) is 3. The summed E-state index contributed by atoms with van der Waals surface area (Å²) in [5.41, 5.74) is 2.18. The standard InChI is InChI=1S/C19H22N2OS/c1-3-14(4-2)19(22)21-17(15-9-6-5-7-10-15)13-16(20-21)18-11-8-12-23-18/h5-12,14,17H,3-4,13H2,1-2H3. The number of carbonyl (C=O) groups is 1. The van der Waals surface area contributed by atoms with Gasteiger partial charge in [0.05, 0.1) is 16.6 Å². The number of nitrogens with zero attached hydrogens (tertiary/aromatic N) is 2. The van der Waals surface area contributed by atoms with Crippen LogP contribution in [-0.4, -0.2) is 16.6 Å². The van der Waals surface area contributed by atoms with Gasteiger partial charge in [-0.25, -0.2) is 5.01 Å². The van der Waals surface area contributed by atoms with Crippen LogP contribution in [0, 0.1) is 5.92 Å². The van der Waals surface area contributed by atoms with Crippen LogP contribution in [0.3, 0.4) is 0 Å². The normalized spacial score (nSPS) is 17.6. The van der Waals surface area contributed by atoms with Crippen LogP contribution in [0.25, 0.3) is 0 Å². The van der Waals surface area contributed by atoms with Crippen molar-refractivity contribution >= 4 is 23.0 Å². The van der Waals surface area contributed by atoms with Gasteiger partial charge in [-0.1, -0.05) is 50.2 Å². The minimum Gasteiger partial charge on any atom is -0.273 e. The zero-order valence-corrected chi connectivity index (χ0v) is 14.4. The predicted molar refractivity (Wildman–Crippen MR) is 95.6 cm³/mol. The van der Waals surface area contributed by atoms with E-state index in [1.807, 2.05) is 24.3 Å². The molecule has 1 amide bonds. The van der Waals surface area contributed by atoms with E-state index >= 15 is 0 Å². The van der Waals surface area contributed by atoms with E-state index in [4.69, 9.17) is 5.10 Å². The summed E-state index contributed by atoms with van der Waals surface area (Å²) in [7, 11) is 0. The Morgan fingerprint density at radius 2 is 1.96 bits per heavy atom. The monoisotopic (exact) mass is 326 g/mol. The van der Waals surface area contributed by atoms with Crippen molar-refractivity contribution in [3.8, 4) is 0 Å². The third-order valence-corrected chi connectivity index (χ3v) is 5.38. The van der Waals surface area contributed by atoms with Crippen LogP contribution in [0.15, 0.2) is 52.9 Å². The molecule has 0 saturated carbocycles. The minimum atomic E-state index is 0.0152. The molecule has 0 N–H and O–H groups in total. The van der Waals surface area contributed by atoms with E-state index in [9.17, 15) is 4.79 Å². The molecule has 1 atom stereocenters. The van der Waals surface area contributed by atoms with Crippen molar-refractivity contribution in [1.82, 2.24) is 5.01 Å². The summed E-state index contributed by atoms with van der Waals surface area (Å²) in [6, 6.07) is 14.4. The molecule has 1 aromatic carbocycles. The topological polar surface area (TPSA) is 32.7 Å². The van der Waals surface area contributed by atoms with Gasteiger partial charge in [-0.15, -0.1) is 11.3 Å². The number of thiophene rings is 1. The number of carbonyl (C=O) groups excluding carboxylic acids is 1. The largest absolute Gasteiger partial charge is 0.273 e. The Bertz CT molecular complexity index is 675. The summed E-state index contributed by atoms with van der Waals surface area (Å²) in [6.45, 7) is 4.15. The molecule has 0 saturated heterocycles. The van der Waals surface area contributed by atoms with Crippen LogP contribution in [0.2, 0.25) is 0 Å². The highest BCUT2D eigenvalue weighted by Gasteiger charge is 2.35. The molecule has 120 valence electrons. The van der Waals surface area contributed by atoms with Gasteiger partial charge in [0.2, 0.25) is 5.91 Å². The second-order valence-electron chi connectivity index (χ2n) is 5.85. The average Bonchev–Trinajstić information content (AvgIpc) is 3.26. The zero-order valence-electron chi connectivity index (χ0n) is 13.6.